The van der Waals surface area contributed by atoms with Gasteiger partial charge in [0.1, 0.15) is 18.2 Å². The number of carbonyl (C=O) groups excluding carboxylic acids is 1. The van der Waals surface area contributed by atoms with Gasteiger partial charge in [0.25, 0.3) is 5.91 Å². The molecule has 1 amide bonds. The summed E-state index contributed by atoms with van der Waals surface area (Å²) in [6, 6.07) is 11.9. The summed E-state index contributed by atoms with van der Waals surface area (Å²) in [4.78, 5) is 14.6. The monoisotopic (exact) mass is 460 g/mol. The summed E-state index contributed by atoms with van der Waals surface area (Å²) in [5, 5.41) is 9.31. The zero-order valence-corrected chi connectivity index (χ0v) is 18.5. The molecule has 2 aromatic carbocycles. The Kier molecular flexibility index (Phi) is 7.51. The second kappa shape index (κ2) is 10.1. The van der Waals surface area contributed by atoms with Crippen molar-refractivity contribution in [2.24, 2.45) is 0 Å². The number of hydrogen-bond acceptors (Lipinski definition) is 6. The molecule has 3 rings (SSSR count). The molecular formula is C23H25FN2O5S. The number of nitrogens with zero attached hydrogens (tertiary/aromatic N) is 1. The van der Waals surface area contributed by atoms with Crippen molar-refractivity contribution in [2.75, 3.05) is 19.7 Å². The molecule has 1 aliphatic heterocycles. The number of piperidine rings is 1. The van der Waals surface area contributed by atoms with Crippen molar-refractivity contribution in [3.05, 3.63) is 59.9 Å². The van der Waals surface area contributed by atoms with E-state index in [0.29, 0.717) is 25.4 Å². The van der Waals surface area contributed by atoms with E-state index in [1.807, 2.05) is 4.90 Å². The third-order valence-electron chi connectivity index (χ3n) is 5.63. The smallest absolute Gasteiger partial charge is 0.265 e. The van der Waals surface area contributed by atoms with Crippen molar-refractivity contribution >= 4 is 15.7 Å². The van der Waals surface area contributed by atoms with E-state index in [0.717, 1.165) is 5.56 Å². The van der Waals surface area contributed by atoms with Crippen molar-refractivity contribution in [1.82, 2.24) is 10.4 Å². The Balaban J connectivity index is 1.78. The molecule has 0 bridgehead atoms. The van der Waals surface area contributed by atoms with Crippen LogP contribution in [0.3, 0.4) is 0 Å². The Labute approximate surface area is 187 Å². The van der Waals surface area contributed by atoms with Gasteiger partial charge in [0, 0.05) is 19.6 Å². The van der Waals surface area contributed by atoms with Crippen LogP contribution in [-0.2, 0) is 21.2 Å². The van der Waals surface area contributed by atoms with Gasteiger partial charge in [-0.2, -0.15) is 0 Å². The van der Waals surface area contributed by atoms with Crippen LogP contribution in [0, 0.1) is 17.7 Å². The highest BCUT2D eigenvalue weighted by atomic mass is 32.2. The van der Waals surface area contributed by atoms with Crippen LogP contribution in [0.4, 0.5) is 4.39 Å². The number of carbonyl (C=O) groups is 1. The van der Waals surface area contributed by atoms with Crippen LogP contribution in [0.5, 0.6) is 5.75 Å². The molecule has 1 heterocycles. The number of ether oxygens (including phenoxy) is 1. The third kappa shape index (κ3) is 4.93. The fraction of sp³-hybridized carbons (Fsp3) is 0.348. The molecule has 0 unspecified atom stereocenters. The number of halogens is 1. The van der Waals surface area contributed by atoms with Gasteiger partial charge >= 0.3 is 0 Å². The quantitative estimate of drug-likeness (QED) is 0.375. The highest BCUT2D eigenvalue weighted by Crippen LogP contribution is 2.36. The molecule has 0 atom stereocenters. The highest BCUT2D eigenvalue weighted by Gasteiger charge is 2.52. The van der Waals surface area contributed by atoms with E-state index in [-0.39, 0.29) is 30.2 Å². The molecule has 2 N–H and O–H groups in total. The number of hydroxylamine groups is 1. The van der Waals surface area contributed by atoms with Gasteiger partial charge in [-0.05, 0) is 61.7 Å². The van der Waals surface area contributed by atoms with E-state index >= 15 is 0 Å². The van der Waals surface area contributed by atoms with Gasteiger partial charge in [0.15, 0.2) is 14.6 Å². The van der Waals surface area contributed by atoms with Crippen molar-refractivity contribution in [1.29, 1.82) is 0 Å². The molecule has 1 saturated heterocycles. The van der Waals surface area contributed by atoms with Crippen molar-refractivity contribution in [2.45, 2.75) is 36.0 Å². The van der Waals surface area contributed by atoms with Crippen LogP contribution in [0.2, 0.25) is 0 Å². The first-order valence-corrected chi connectivity index (χ1v) is 11.6. The first-order chi connectivity index (χ1) is 15.3. The number of hydrogen-bond donors (Lipinski definition) is 2. The van der Waals surface area contributed by atoms with Gasteiger partial charge in [-0.1, -0.05) is 18.1 Å². The van der Waals surface area contributed by atoms with Gasteiger partial charge < -0.3 is 4.74 Å². The number of sulfone groups is 1. The average Bonchev–Trinajstić information content (AvgIpc) is 2.81. The maximum atomic E-state index is 13.5. The van der Waals surface area contributed by atoms with Crippen molar-refractivity contribution in [3.63, 3.8) is 0 Å². The summed E-state index contributed by atoms with van der Waals surface area (Å²) < 4.78 is 43.7. The molecule has 1 aliphatic rings. The molecule has 0 radical (unpaired) electrons. The predicted molar refractivity (Wildman–Crippen MR) is 116 cm³/mol. The summed E-state index contributed by atoms with van der Waals surface area (Å²) in [6.45, 7) is 3.02. The summed E-state index contributed by atoms with van der Waals surface area (Å²) in [5.41, 5.74) is 2.44. The summed E-state index contributed by atoms with van der Waals surface area (Å²) in [7, 11) is -4.11. The van der Waals surface area contributed by atoms with Gasteiger partial charge in [-0.25, -0.2) is 18.3 Å². The molecule has 0 aliphatic carbocycles. The van der Waals surface area contributed by atoms with Crippen LogP contribution in [0.25, 0.3) is 0 Å². The first-order valence-electron chi connectivity index (χ1n) is 10.1. The number of amides is 1. The Morgan fingerprint density at radius 2 is 1.78 bits per heavy atom. The molecule has 2 aromatic rings. The molecule has 32 heavy (non-hydrogen) atoms. The highest BCUT2D eigenvalue weighted by molar-refractivity contribution is 7.93. The van der Waals surface area contributed by atoms with Gasteiger partial charge in [-0.15, -0.1) is 5.92 Å². The van der Waals surface area contributed by atoms with E-state index < -0.39 is 20.5 Å². The standard InChI is InChI=1S/C23H25FN2O5S/c1-2-3-16-31-20-8-10-21(11-9-20)32(29,30)23(22(27)25-28)12-14-26(15-13-23)17-18-4-6-19(24)7-5-18/h4-11,28H,12-17H2,1H3,(H,25,27). The van der Waals surface area contributed by atoms with Crippen LogP contribution >= 0.6 is 0 Å². The minimum Gasteiger partial charge on any atom is -0.481 e. The fourth-order valence-electron chi connectivity index (χ4n) is 3.77. The van der Waals surface area contributed by atoms with Crippen LogP contribution in [0.1, 0.15) is 25.3 Å². The maximum Gasteiger partial charge on any atom is 0.265 e. The lowest BCUT2D eigenvalue weighted by molar-refractivity contribution is -0.133. The van der Waals surface area contributed by atoms with E-state index in [1.165, 1.54) is 36.4 Å². The first kappa shape index (κ1) is 23.7. The lowest BCUT2D eigenvalue weighted by atomic mass is 9.94. The van der Waals surface area contributed by atoms with Gasteiger partial charge in [0.2, 0.25) is 0 Å². The van der Waals surface area contributed by atoms with Crippen LogP contribution in [-0.4, -0.2) is 48.9 Å². The van der Waals surface area contributed by atoms with Gasteiger partial charge in [0.05, 0.1) is 4.90 Å². The Hall–Kier alpha value is -2.93. The van der Waals surface area contributed by atoms with Gasteiger partial charge in [-0.3, -0.25) is 14.9 Å². The fourth-order valence-corrected chi connectivity index (χ4v) is 5.73. The lowest BCUT2D eigenvalue weighted by Crippen LogP contribution is -2.57. The van der Waals surface area contributed by atoms with Crippen LogP contribution in [0.15, 0.2) is 53.4 Å². The molecule has 170 valence electrons. The van der Waals surface area contributed by atoms with Crippen molar-refractivity contribution in [3.8, 4) is 17.6 Å². The summed E-state index contributed by atoms with van der Waals surface area (Å²) >= 11 is 0. The molecular weight excluding hydrogens is 435 g/mol. The van der Waals surface area contributed by atoms with Crippen LogP contribution < -0.4 is 10.2 Å². The molecule has 0 saturated carbocycles. The van der Waals surface area contributed by atoms with E-state index in [2.05, 4.69) is 11.8 Å². The molecule has 0 aromatic heterocycles. The molecule has 0 spiro atoms. The molecule has 1 fully saturated rings. The number of nitrogens with one attached hydrogen (secondary N) is 1. The molecule has 9 heteroatoms. The minimum atomic E-state index is -4.11. The second-order valence-corrected chi connectivity index (χ2v) is 9.79. The zero-order valence-electron chi connectivity index (χ0n) is 17.7. The number of likely N-dealkylation sites (tertiary alicyclic amines) is 1. The minimum absolute atomic E-state index is 0.00720. The van der Waals surface area contributed by atoms with E-state index in [4.69, 9.17) is 4.74 Å². The Morgan fingerprint density at radius 3 is 2.34 bits per heavy atom. The predicted octanol–water partition coefficient (Wildman–Crippen LogP) is 2.54. The van der Waals surface area contributed by atoms with E-state index in [1.54, 1.807) is 24.5 Å². The Bertz CT molecular complexity index is 1100. The number of rotatable bonds is 7. The van der Waals surface area contributed by atoms with E-state index in [9.17, 15) is 22.8 Å². The zero-order chi connectivity index (χ0) is 23.2. The number of benzene rings is 2. The summed E-state index contributed by atoms with van der Waals surface area (Å²) in [5.74, 6) is 4.64. The summed E-state index contributed by atoms with van der Waals surface area (Å²) in [6.07, 6.45) is 0.0144. The Morgan fingerprint density at radius 1 is 1.16 bits per heavy atom. The largest absolute Gasteiger partial charge is 0.481 e. The topological polar surface area (TPSA) is 95.9 Å². The van der Waals surface area contributed by atoms with Crippen molar-refractivity contribution < 1.29 is 27.5 Å². The lowest BCUT2D eigenvalue weighted by Gasteiger charge is -2.39. The molecule has 7 nitrogen and oxygen atoms in total. The third-order valence-corrected chi connectivity index (χ3v) is 8.15. The maximum absolute atomic E-state index is 13.5. The average molecular weight is 461 g/mol. The SMILES string of the molecule is CC#CCOc1ccc(S(=O)(=O)C2(C(=O)NO)CCN(Cc3ccc(F)cc3)CC2)cc1. The normalized spacial score (nSPS) is 16.0. The second-order valence-electron chi connectivity index (χ2n) is 7.53.